The smallest absolute Gasteiger partial charge is 0.342 e. The summed E-state index contributed by atoms with van der Waals surface area (Å²) in [4.78, 5) is 37.8. The SMILES string of the molecule is CC(=O)Nc1sc(C)c(C)c1C(=O)O[C@@H](C)C(=O)Nc1c(C)cccc1C(C)C. The third kappa shape index (κ3) is 5.23. The van der Waals surface area contributed by atoms with Gasteiger partial charge in [0.15, 0.2) is 6.10 Å². The van der Waals surface area contributed by atoms with E-state index in [-0.39, 0.29) is 11.8 Å². The van der Waals surface area contributed by atoms with Gasteiger partial charge in [0.05, 0.1) is 5.56 Å². The number of rotatable bonds is 6. The number of hydrogen-bond donors (Lipinski definition) is 2. The van der Waals surface area contributed by atoms with Gasteiger partial charge in [0.2, 0.25) is 5.91 Å². The molecule has 0 saturated carbocycles. The Balaban J connectivity index is 2.19. The molecule has 2 amide bonds. The van der Waals surface area contributed by atoms with E-state index in [0.717, 1.165) is 27.3 Å². The maximum absolute atomic E-state index is 12.7. The molecule has 6 nitrogen and oxygen atoms in total. The number of ether oxygens (including phenoxy) is 1. The highest BCUT2D eigenvalue weighted by Crippen LogP contribution is 2.33. The van der Waals surface area contributed by atoms with Gasteiger partial charge in [-0.2, -0.15) is 0 Å². The molecule has 0 aliphatic rings. The molecule has 0 aliphatic heterocycles. The zero-order valence-electron chi connectivity index (χ0n) is 17.9. The van der Waals surface area contributed by atoms with Crippen molar-refractivity contribution in [1.82, 2.24) is 0 Å². The largest absolute Gasteiger partial charge is 0.449 e. The Hall–Kier alpha value is -2.67. The fraction of sp³-hybridized carbons (Fsp3) is 0.409. The minimum atomic E-state index is -0.994. The van der Waals surface area contributed by atoms with E-state index >= 15 is 0 Å². The first-order chi connectivity index (χ1) is 13.5. The summed E-state index contributed by atoms with van der Waals surface area (Å²) in [5.74, 6) is -1.07. The van der Waals surface area contributed by atoms with Crippen LogP contribution in [0.5, 0.6) is 0 Å². The molecular formula is C22H28N2O4S. The molecule has 0 bridgehead atoms. The third-order valence-corrected chi connectivity index (χ3v) is 5.83. The summed E-state index contributed by atoms with van der Waals surface area (Å²) in [6, 6.07) is 5.85. The normalized spacial score (nSPS) is 11.9. The van der Waals surface area contributed by atoms with E-state index in [9.17, 15) is 14.4 Å². The predicted molar refractivity (Wildman–Crippen MR) is 117 cm³/mol. The number of anilines is 2. The Morgan fingerprint density at radius 2 is 1.69 bits per heavy atom. The van der Waals surface area contributed by atoms with E-state index in [1.807, 2.05) is 32.0 Å². The van der Waals surface area contributed by atoms with Crippen molar-refractivity contribution in [3.63, 3.8) is 0 Å². The number of amides is 2. The number of thiophene rings is 1. The molecule has 0 spiro atoms. The topological polar surface area (TPSA) is 84.5 Å². The highest BCUT2D eigenvalue weighted by molar-refractivity contribution is 7.16. The zero-order valence-corrected chi connectivity index (χ0v) is 18.7. The Labute approximate surface area is 175 Å². The average molecular weight is 417 g/mol. The van der Waals surface area contributed by atoms with Gasteiger partial charge in [-0.15, -0.1) is 11.3 Å². The minimum Gasteiger partial charge on any atom is -0.449 e. The molecule has 156 valence electrons. The van der Waals surface area contributed by atoms with Crippen LogP contribution in [0, 0.1) is 20.8 Å². The number of carbonyl (C=O) groups is 3. The number of carbonyl (C=O) groups excluding carboxylic acids is 3. The molecular weight excluding hydrogens is 388 g/mol. The molecule has 1 aromatic carbocycles. The summed E-state index contributed by atoms with van der Waals surface area (Å²) in [5.41, 5.74) is 3.74. The molecule has 0 aliphatic carbocycles. The molecule has 2 N–H and O–H groups in total. The van der Waals surface area contributed by atoms with Gasteiger partial charge in [0.1, 0.15) is 5.00 Å². The number of esters is 1. The van der Waals surface area contributed by atoms with E-state index < -0.39 is 18.0 Å². The first-order valence-corrected chi connectivity index (χ1v) is 10.3. The summed E-state index contributed by atoms with van der Waals surface area (Å²) < 4.78 is 5.43. The van der Waals surface area contributed by atoms with Crippen LogP contribution in [-0.4, -0.2) is 23.9 Å². The van der Waals surface area contributed by atoms with Crippen LogP contribution in [0.25, 0.3) is 0 Å². The highest BCUT2D eigenvalue weighted by atomic mass is 32.1. The Kier molecular flexibility index (Phi) is 7.19. The van der Waals surface area contributed by atoms with Crippen LogP contribution in [0.2, 0.25) is 0 Å². The van der Waals surface area contributed by atoms with Crippen LogP contribution in [0.4, 0.5) is 10.7 Å². The summed E-state index contributed by atoms with van der Waals surface area (Å²) in [6.07, 6.45) is -0.994. The molecule has 1 heterocycles. The lowest BCUT2D eigenvalue weighted by Gasteiger charge is -2.19. The summed E-state index contributed by atoms with van der Waals surface area (Å²) in [6.45, 7) is 12.6. The van der Waals surface area contributed by atoms with Crippen molar-refractivity contribution < 1.29 is 19.1 Å². The quantitative estimate of drug-likeness (QED) is 0.653. The second-order valence-electron chi connectivity index (χ2n) is 7.40. The van der Waals surface area contributed by atoms with Crippen molar-refractivity contribution >= 4 is 39.8 Å². The van der Waals surface area contributed by atoms with Crippen molar-refractivity contribution in [2.45, 2.75) is 60.5 Å². The third-order valence-electron chi connectivity index (χ3n) is 4.71. The number of hydrogen-bond acceptors (Lipinski definition) is 5. The average Bonchev–Trinajstić information content (AvgIpc) is 2.89. The van der Waals surface area contributed by atoms with Gasteiger partial charge in [-0.25, -0.2) is 4.79 Å². The molecule has 2 aromatic rings. The first-order valence-electron chi connectivity index (χ1n) is 9.51. The molecule has 7 heteroatoms. The standard InChI is InChI=1S/C22H28N2O4S/c1-11(2)17-10-8-9-12(3)19(17)24-20(26)14(5)28-22(27)18-13(4)15(6)29-21(18)23-16(7)25/h8-11,14H,1-7H3,(H,23,25)(H,24,26)/t14-/m0/s1. The molecule has 29 heavy (non-hydrogen) atoms. The van der Waals surface area contributed by atoms with E-state index in [0.29, 0.717) is 10.6 Å². The maximum atomic E-state index is 12.7. The van der Waals surface area contributed by atoms with Crippen LogP contribution in [0.1, 0.15) is 65.5 Å². The van der Waals surface area contributed by atoms with Crippen LogP contribution in [0.15, 0.2) is 18.2 Å². The highest BCUT2D eigenvalue weighted by Gasteiger charge is 2.26. The van der Waals surface area contributed by atoms with Crippen LogP contribution in [0.3, 0.4) is 0 Å². The molecule has 0 unspecified atom stereocenters. The first kappa shape index (κ1) is 22.6. The molecule has 2 rings (SSSR count). The van der Waals surface area contributed by atoms with Crippen LogP contribution < -0.4 is 10.6 Å². The van der Waals surface area contributed by atoms with Gasteiger partial charge in [-0.05, 0) is 50.3 Å². The van der Waals surface area contributed by atoms with Crippen LogP contribution in [-0.2, 0) is 14.3 Å². The number of benzene rings is 1. The maximum Gasteiger partial charge on any atom is 0.342 e. The predicted octanol–water partition coefficient (Wildman–Crippen LogP) is 4.94. The summed E-state index contributed by atoms with van der Waals surface area (Å²) in [5, 5.41) is 6.00. The van der Waals surface area contributed by atoms with Crippen LogP contribution >= 0.6 is 11.3 Å². The van der Waals surface area contributed by atoms with Gasteiger partial charge >= 0.3 is 5.97 Å². The molecule has 0 fully saturated rings. The van der Waals surface area contributed by atoms with Gasteiger partial charge in [-0.3, -0.25) is 9.59 Å². The van der Waals surface area contributed by atoms with E-state index in [4.69, 9.17) is 4.74 Å². The summed E-state index contributed by atoms with van der Waals surface area (Å²) >= 11 is 1.31. The number of aryl methyl sites for hydroxylation is 2. The molecule has 1 atom stereocenters. The molecule has 1 aromatic heterocycles. The van der Waals surface area contributed by atoms with Gasteiger partial charge in [-0.1, -0.05) is 32.0 Å². The second kappa shape index (κ2) is 9.22. The lowest BCUT2D eigenvalue weighted by Crippen LogP contribution is -2.31. The van der Waals surface area contributed by atoms with E-state index in [1.54, 1.807) is 6.92 Å². The zero-order chi connectivity index (χ0) is 21.9. The fourth-order valence-electron chi connectivity index (χ4n) is 2.96. The van der Waals surface area contributed by atoms with Crippen molar-refractivity contribution in [2.24, 2.45) is 0 Å². The number of nitrogens with one attached hydrogen (secondary N) is 2. The van der Waals surface area contributed by atoms with E-state index in [2.05, 4.69) is 24.5 Å². The second-order valence-corrected chi connectivity index (χ2v) is 8.62. The monoisotopic (exact) mass is 416 g/mol. The Morgan fingerprint density at radius 1 is 1.03 bits per heavy atom. The molecule has 0 saturated heterocycles. The van der Waals surface area contributed by atoms with Gasteiger partial charge < -0.3 is 15.4 Å². The Morgan fingerprint density at radius 3 is 2.28 bits per heavy atom. The van der Waals surface area contributed by atoms with Crippen molar-refractivity contribution in [2.75, 3.05) is 10.6 Å². The van der Waals surface area contributed by atoms with Crippen molar-refractivity contribution in [3.05, 3.63) is 45.3 Å². The van der Waals surface area contributed by atoms with Crippen molar-refractivity contribution in [3.8, 4) is 0 Å². The van der Waals surface area contributed by atoms with Crippen molar-refractivity contribution in [1.29, 1.82) is 0 Å². The van der Waals surface area contributed by atoms with Gasteiger partial charge in [0.25, 0.3) is 5.91 Å². The minimum absolute atomic E-state index is 0.236. The lowest BCUT2D eigenvalue weighted by atomic mass is 9.98. The Bertz CT molecular complexity index is 947. The number of para-hydroxylation sites is 1. The lowest BCUT2D eigenvalue weighted by molar-refractivity contribution is -0.123. The van der Waals surface area contributed by atoms with Gasteiger partial charge in [0, 0.05) is 17.5 Å². The summed E-state index contributed by atoms with van der Waals surface area (Å²) in [7, 11) is 0. The van der Waals surface area contributed by atoms with E-state index in [1.165, 1.54) is 25.2 Å². The molecule has 0 radical (unpaired) electrons. The fourth-order valence-corrected chi connectivity index (χ4v) is 4.06.